The summed E-state index contributed by atoms with van der Waals surface area (Å²) in [5.74, 6) is 0.0636. The van der Waals surface area contributed by atoms with Crippen LogP contribution in [0.1, 0.15) is 30.9 Å². The van der Waals surface area contributed by atoms with Crippen molar-refractivity contribution >= 4 is 11.9 Å². The lowest BCUT2D eigenvalue weighted by Gasteiger charge is -2.40. The van der Waals surface area contributed by atoms with Crippen LogP contribution in [0.25, 0.3) is 0 Å². The van der Waals surface area contributed by atoms with Gasteiger partial charge in [0.2, 0.25) is 11.9 Å². The van der Waals surface area contributed by atoms with Gasteiger partial charge < -0.3 is 10.2 Å². The molecule has 1 aromatic heterocycles. The van der Waals surface area contributed by atoms with Crippen LogP contribution in [0.5, 0.6) is 0 Å². The molecular formula is C19H22F3N5O. The molecular weight excluding hydrogens is 371 g/mol. The van der Waals surface area contributed by atoms with Gasteiger partial charge in [0.25, 0.3) is 6.43 Å². The summed E-state index contributed by atoms with van der Waals surface area (Å²) >= 11 is 0. The van der Waals surface area contributed by atoms with Crippen LogP contribution in [0.15, 0.2) is 30.6 Å². The van der Waals surface area contributed by atoms with Gasteiger partial charge in [-0.1, -0.05) is 12.1 Å². The molecule has 0 radical (unpaired) electrons. The SMILES string of the molecule is O=C(Cc1ccc(F)cc1)N1CCCC([C@@H]2C[C@H](C(F)F)n3ncnc3N2)C1. The maximum atomic E-state index is 13.5. The third kappa shape index (κ3) is 3.83. The van der Waals surface area contributed by atoms with Gasteiger partial charge in [-0.25, -0.2) is 17.9 Å². The number of carbonyl (C=O) groups excluding carboxylic acids is 1. The number of likely N-dealkylation sites (tertiary alicyclic amines) is 1. The van der Waals surface area contributed by atoms with Crippen LogP contribution in [0.4, 0.5) is 19.1 Å². The fraction of sp³-hybridized carbons (Fsp3) is 0.526. The molecule has 9 heteroatoms. The Balaban J connectivity index is 1.42. The second-order valence-electron chi connectivity index (χ2n) is 7.46. The molecule has 6 nitrogen and oxygen atoms in total. The van der Waals surface area contributed by atoms with Gasteiger partial charge in [0.15, 0.2) is 0 Å². The van der Waals surface area contributed by atoms with E-state index in [0.717, 1.165) is 18.4 Å². The number of nitrogens with zero attached hydrogens (tertiary/aromatic N) is 4. The Morgan fingerprint density at radius 1 is 1.29 bits per heavy atom. The van der Waals surface area contributed by atoms with Crippen molar-refractivity contribution in [3.8, 4) is 0 Å². The molecule has 0 bridgehead atoms. The molecule has 0 aliphatic carbocycles. The van der Waals surface area contributed by atoms with Crippen molar-refractivity contribution < 1.29 is 18.0 Å². The van der Waals surface area contributed by atoms with Crippen LogP contribution in [-0.2, 0) is 11.2 Å². The molecule has 150 valence electrons. The van der Waals surface area contributed by atoms with E-state index in [0.29, 0.717) is 19.0 Å². The quantitative estimate of drug-likeness (QED) is 0.868. The van der Waals surface area contributed by atoms with E-state index >= 15 is 0 Å². The van der Waals surface area contributed by atoms with Crippen LogP contribution in [0, 0.1) is 11.7 Å². The Morgan fingerprint density at radius 3 is 2.82 bits per heavy atom. The summed E-state index contributed by atoms with van der Waals surface area (Å²) in [7, 11) is 0. The standard InChI is InChI=1S/C19H22F3N5O/c20-14-5-3-12(4-6-14)8-17(28)26-7-1-2-13(10-26)15-9-16(18(21)22)27-19(25-15)23-11-24-27/h3-6,11,13,15-16,18H,1-2,7-10H2,(H,23,24,25)/t13?,15-,16+/m0/s1. The highest BCUT2D eigenvalue weighted by atomic mass is 19.3. The minimum atomic E-state index is -2.52. The maximum Gasteiger partial charge on any atom is 0.260 e. The highest BCUT2D eigenvalue weighted by Crippen LogP contribution is 2.35. The van der Waals surface area contributed by atoms with Crippen LogP contribution in [-0.4, -0.2) is 51.1 Å². The summed E-state index contributed by atoms with van der Waals surface area (Å²) in [6, 6.07) is 4.71. The van der Waals surface area contributed by atoms with Gasteiger partial charge in [0, 0.05) is 19.1 Å². The number of hydrogen-bond donors (Lipinski definition) is 1. The zero-order valence-corrected chi connectivity index (χ0v) is 15.3. The number of nitrogens with one attached hydrogen (secondary N) is 1. The predicted octanol–water partition coefficient (Wildman–Crippen LogP) is 2.89. The first-order valence-electron chi connectivity index (χ1n) is 9.47. The number of fused-ring (bicyclic) bond motifs is 1. The minimum Gasteiger partial charge on any atom is -0.351 e. The first-order valence-corrected chi connectivity index (χ1v) is 9.47. The van der Waals surface area contributed by atoms with E-state index in [-0.39, 0.29) is 36.5 Å². The fourth-order valence-electron chi connectivity index (χ4n) is 4.15. The molecule has 28 heavy (non-hydrogen) atoms. The van der Waals surface area contributed by atoms with E-state index in [1.165, 1.54) is 23.1 Å². The molecule has 1 amide bonds. The zero-order chi connectivity index (χ0) is 19.7. The largest absolute Gasteiger partial charge is 0.351 e. The summed E-state index contributed by atoms with van der Waals surface area (Å²) in [5, 5.41) is 7.13. The molecule has 4 rings (SSSR count). The van der Waals surface area contributed by atoms with Crippen molar-refractivity contribution in [2.75, 3.05) is 18.4 Å². The average molecular weight is 393 g/mol. The summed E-state index contributed by atoms with van der Waals surface area (Å²) in [4.78, 5) is 18.5. The maximum absolute atomic E-state index is 13.5. The third-order valence-corrected chi connectivity index (χ3v) is 5.64. The van der Waals surface area contributed by atoms with Crippen LogP contribution < -0.4 is 5.32 Å². The number of alkyl halides is 2. The number of amides is 1. The van der Waals surface area contributed by atoms with Crippen LogP contribution in [0.3, 0.4) is 0 Å². The third-order valence-electron chi connectivity index (χ3n) is 5.64. The van der Waals surface area contributed by atoms with E-state index in [9.17, 15) is 18.0 Å². The topological polar surface area (TPSA) is 63.1 Å². The second kappa shape index (κ2) is 7.81. The van der Waals surface area contributed by atoms with Gasteiger partial charge in [-0.3, -0.25) is 4.79 Å². The first kappa shape index (κ1) is 18.8. The number of halogens is 3. The van der Waals surface area contributed by atoms with E-state index in [1.807, 2.05) is 0 Å². The highest BCUT2D eigenvalue weighted by Gasteiger charge is 2.38. The lowest BCUT2D eigenvalue weighted by molar-refractivity contribution is -0.132. The number of aromatic nitrogens is 3. The monoisotopic (exact) mass is 393 g/mol. The van der Waals surface area contributed by atoms with E-state index in [1.54, 1.807) is 17.0 Å². The van der Waals surface area contributed by atoms with Gasteiger partial charge >= 0.3 is 0 Å². The van der Waals surface area contributed by atoms with Crippen molar-refractivity contribution in [3.05, 3.63) is 42.0 Å². The number of anilines is 1. The average Bonchev–Trinajstić information content (AvgIpc) is 3.17. The summed E-state index contributed by atoms with van der Waals surface area (Å²) in [6.45, 7) is 1.17. The summed E-state index contributed by atoms with van der Waals surface area (Å²) < 4.78 is 41.3. The van der Waals surface area contributed by atoms with Crippen molar-refractivity contribution in [3.63, 3.8) is 0 Å². The van der Waals surface area contributed by atoms with Crippen molar-refractivity contribution in [2.45, 2.75) is 44.2 Å². The molecule has 3 heterocycles. The van der Waals surface area contributed by atoms with Gasteiger partial charge in [-0.2, -0.15) is 10.1 Å². The van der Waals surface area contributed by atoms with Crippen LogP contribution in [0.2, 0.25) is 0 Å². The molecule has 1 N–H and O–H groups in total. The lowest BCUT2D eigenvalue weighted by Crippen LogP contribution is -2.48. The number of benzene rings is 1. The van der Waals surface area contributed by atoms with Crippen molar-refractivity contribution in [1.29, 1.82) is 0 Å². The van der Waals surface area contributed by atoms with Gasteiger partial charge in [0.05, 0.1) is 6.42 Å². The number of rotatable bonds is 4. The number of hydrogen-bond acceptors (Lipinski definition) is 4. The number of piperidine rings is 1. The Kier molecular flexibility index (Phi) is 5.23. The first-order chi connectivity index (χ1) is 13.5. The van der Waals surface area contributed by atoms with Gasteiger partial charge in [-0.15, -0.1) is 0 Å². The van der Waals surface area contributed by atoms with E-state index in [2.05, 4.69) is 15.4 Å². The summed E-state index contributed by atoms with van der Waals surface area (Å²) in [6.07, 6.45) is 0.897. The molecule has 0 saturated carbocycles. The smallest absolute Gasteiger partial charge is 0.260 e. The molecule has 2 aromatic rings. The second-order valence-corrected chi connectivity index (χ2v) is 7.46. The Hall–Kier alpha value is -2.58. The zero-order valence-electron chi connectivity index (χ0n) is 15.3. The molecule has 2 aliphatic rings. The molecule has 1 saturated heterocycles. The van der Waals surface area contributed by atoms with Crippen molar-refractivity contribution in [1.82, 2.24) is 19.7 Å². The van der Waals surface area contributed by atoms with Crippen LogP contribution >= 0.6 is 0 Å². The predicted molar refractivity (Wildman–Crippen MR) is 96.5 cm³/mol. The van der Waals surface area contributed by atoms with Gasteiger partial charge in [-0.05, 0) is 42.9 Å². The van der Waals surface area contributed by atoms with E-state index < -0.39 is 12.5 Å². The molecule has 0 spiro atoms. The van der Waals surface area contributed by atoms with E-state index in [4.69, 9.17) is 0 Å². The molecule has 2 aliphatic heterocycles. The van der Waals surface area contributed by atoms with Crippen molar-refractivity contribution in [2.24, 2.45) is 5.92 Å². The Morgan fingerprint density at radius 2 is 2.07 bits per heavy atom. The lowest BCUT2D eigenvalue weighted by atomic mass is 9.86. The molecule has 1 aromatic carbocycles. The van der Waals surface area contributed by atoms with Gasteiger partial charge in [0.1, 0.15) is 18.2 Å². The molecule has 1 fully saturated rings. The molecule has 3 atom stereocenters. The Bertz CT molecular complexity index is 825. The Labute approximate surface area is 160 Å². The normalized spacial score (nSPS) is 24.7. The number of carbonyl (C=O) groups is 1. The fourth-order valence-corrected chi connectivity index (χ4v) is 4.15. The molecule has 1 unspecified atom stereocenters. The summed E-state index contributed by atoms with van der Waals surface area (Å²) in [5.41, 5.74) is 0.759. The highest BCUT2D eigenvalue weighted by molar-refractivity contribution is 5.78. The minimum absolute atomic E-state index is 0.0271.